The molecule has 0 bridgehead atoms. The number of ether oxygens (including phenoxy) is 1. The van der Waals surface area contributed by atoms with E-state index in [-0.39, 0.29) is 17.8 Å². The molecule has 1 unspecified atom stereocenters. The van der Waals surface area contributed by atoms with Crippen molar-refractivity contribution in [2.75, 3.05) is 19.4 Å². The van der Waals surface area contributed by atoms with Crippen molar-refractivity contribution >= 4 is 17.6 Å². The number of nitrogen functional groups attached to an aromatic ring is 1. The van der Waals surface area contributed by atoms with Crippen molar-refractivity contribution in [1.82, 2.24) is 5.32 Å². The summed E-state index contributed by atoms with van der Waals surface area (Å²) in [6, 6.07) is 6.80. The second kappa shape index (κ2) is 8.19. The molecule has 110 valence electrons. The molecule has 1 rings (SSSR count). The van der Waals surface area contributed by atoms with Crippen LogP contribution < -0.4 is 11.1 Å². The molecule has 0 aliphatic rings. The first kappa shape index (κ1) is 16.0. The van der Waals surface area contributed by atoms with Gasteiger partial charge in [-0.05, 0) is 37.1 Å². The minimum atomic E-state index is -0.184. The Morgan fingerprint density at radius 3 is 2.50 bits per heavy atom. The predicted molar refractivity (Wildman–Crippen MR) is 78.2 cm³/mol. The van der Waals surface area contributed by atoms with Crippen molar-refractivity contribution in [3.63, 3.8) is 0 Å². The number of esters is 1. The summed E-state index contributed by atoms with van der Waals surface area (Å²) in [4.78, 5) is 23.0. The molecule has 0 aromatic heterocycles. The number of anilines is 1. The maximum absolute atomic E-state index is 11.8. The highest BCUT2D eigenvalue weighted by Crippen LogP contribution is 2.09. The summed E-state index contributed by atoms with van der Waals surface area (Å²) in [6.07, 6.45) is 2.48. The molecule has 0 aliphatic carbocycles. The molecule has 1 amide bonds. The summed E-state index contributed by atoms with van der Waals surface area (Å²) in [7, 11) is 1.39. The number of nitrogens with one attached hydrogen (secondary N) is 1. The van der Waals surface area contributed by atoms with E-state index in [4.69, 9.17) is 5.73 Å². The van der Waals surface area contributed by atoms with Gasteiger partial charge in [0.15, 0.2) is 0 Å². The van der Waals surface area contributed by atoms with Gasteiger partial charge in [0.25, 0.3) is 5.91 Å². The molecule has 1 aromatic carbocycles. The third-order valence-corrected chi connectivity index (χ3v) is 3.13. The number of carbonyl (C=O) groups excluding carboxylic acids is 2. The Morgan fingerprint density at radius 2 is 1.90 bits per heavy atom. The number of rotatable bonds is 7. The van der Waals surface area contributed by atoms with E-state index in [2.05, 4.69) is 10.1 Å². The Morgan fingerprint density at radius 1 is 1.25 bits per heavy atom. The fourth-order valence-electron chi connectivity index (χ4n) is 1.83. The number of hydrogen-bond donors (Lipinski definition) is 2. The normalized spacial score (nSPS) is 11.7. The molecule has 0 fully saturated rings. The molecule has 0 heterocycles. The number of methoxy groups -OCH3 is 1. The average molecular weight is 278 g/mol. The van der Waals surface area contributed by atoms with Crippen LogP contribution in [0.2, 0.25) is 0 Å². The fraction of sp³-hybridized carbons (Fsp3) is 0.467. The Bertz CT molecular complexity index is 443. The molecule has 1 atom stereocenters. The SMILES string of the molecule is COC(=O)C(C)CCCCNC(=O)c1ccc(N)cc1. The van der Waals surface area contributed by atoms with Gasteiger partial charge in [-0.2, -0.15) is 0 Å². The monoisotopic (exact) mass is 278 g/mol. The molecular formula is C15H22N2O3. The van der Waals surface area contributed by atoms with Crippen LogP contribution in [0.5, 0.6) is 0 Å². The van der Waals surface area contributed by atoms with E-state index in [0.717, 1.165) is 19.3 Å². The summed E-state index contributed by atoms with van der Waals surface area (Å²) in [5, 5.41) is 2.84. The third-order valence-electron chi connectivity index (χ3n) is 3.13. The van der Waals surface area contributed by atoms with Crippen LogP contribution in [0.3, 0.4) is 0 Å². The maximum Gasteiger partial charge on any atom is 0.308 e. The first-order valence-corrected chi connectivity index (χ1v) is 6.76. The summed E-state index contributed by atoms with van der Waals surface area (Å²) in [6.45, 7) is 2.44. The zero-order valence-corrected chi connectivity index (χ0v) is 12.0. The van der Waals surface area contributed by atoms with Gasteiger partial charge < -0.3 is 15.8 Å². The van der Waals surface area contributed by atoms with Crippen LogP contribution >= 0.6 is 0 Å². The highest BCUT2D eigenvalue weighted by Gasteiger charge is 2.12. The molecule has 5 nitrogen and oxygen atoms in total. The molecule has 1 aromatic rings. The minimum Gasteiger partial charge on any atom is -0.469 e. The zero-order chi connectivity index (χ0) is 15.0. The van der Waals surface area contributed by atoms with Crippen LogP contribution in [-0.4, -0.2) is 25.5 Å². The third kappa shape index (κ3) is 5.30. The highest BCUT2D eigenvalue weighted by atomic mass is 16.5. The number of carbonyl (C=O) groups is 2. The van der Waals surface area contributed by atoms with Gasteiger partial charge in [0.1, 0.15) is 0 Å². The first-order valence-electron chi connectivity index (χ1n) is 6.76. The average Bonchev–Trinajstić information content (AvgIpc) is 2.46. The number of amides is 1. The number of nitrogens with two attached hydrogens (primary N) is 1. The molecular weight excluding hydrogens is 256 g/mol. The number of hydrogen-bond acceptors (Lipinski definition) is 4. The lowest BCUT2D eigenvalue weighted by Gasteiger charge is -2.09. The minimum absolute atomic E-state index is 0.0900. The number of unbranched alkanes of at least 4 members (excludes halogenated alkanes) is 1. The van der Waals surface area contributed by atoms with E-state index in [1.807, 2.05) is 6.92 Å². The van der Waals surface area contributed by atoms with Gasteiger partial charge in [-0.15, -0.1) is 0 Å². The lowest BCUT2D eigenvalue weighted by molar-refractivity contribution is -0.145. The Hall–Kier alpha value is -2.04. The lowest BCUT2D eigenvalue weighted by Crippen LogP contribution is -2.24. The second-order valence-electron chi connectivity index (χ2n) is 4.80. The molecule has 0 radical (unpaired) electrons. The van der Waals surface area contributed by atoms with Crippen molar-refractivity contribution in [3.05, 3.63) is 29.8 Å². The van der Waals surface area contributed by atoms with Crippen molar-refractivity contribution < 1.29 is 14.3 Å². The van der Waals surface area contributed by atoms with E-state index in [9.17, 15) is 9.59 Å². The van der Waals surface area contributed by atoms with Crippen molar-refractivity contribution in [2.24, 2.45) is 5.92 Å². The van der Waals surface area contributed by atoms with Crippen LogP contribution in [0, 0.1) is 5.92 Å². The van der Waals surface area contributed by atoms with E-state index >= 15 is 0 Å². The fourth-order valence-corrected chi connectivity index (χ4v) is 1.83. The van der Waals surface area contributed by atoms with Crippen molar-refractivity contribution in [2.45, 2.75) is 26.2 Å². The Labute approximate surface area is 119 Å². The van der Waals surface area contributed by atoms with Gasteiger partial charge in [0, 0.05) is 17.8 Å². The smallest absolute Gasteiger partial charge is 0.308 e. The van der Waals surface area contributed by atoms with Gasteiger partial charge in [0.2, 0.25) is 0 Å². The van der Waals surface area contributed by atoms with Gasteiger partial charge in [-0.3, -0.25) is 9.59 Å². The molecule has 0 aliphatic heterocycles. The van der Waals surface area contributed by atoms with Crippen LogP contribution in [0.1, 0.15) is 36.5 Å². The van der Waals surface area contributed by atoms with E-state index in [1.165, 1.54) is 7.11 Å². The van der Waals surface area contributed by atoms with E-state index in [0.29, 0.717) is 17.8 Å². The largest absolute Gasteiger partial charge is 0.469 e. The van der Waals surface area contributed by atoms with Gasteiger partial charge >= 0.3 is 5.97 Å². The lowest BCUT2D eigenvalue weighted by atomic mass is 10.0. The highest BCUT2D eigenvalue weighted by molar-refractivity contribution is 5.94. The standard InChI is InChI=1S/C15H22N2O3/c1-11(15(19)20-2)5-3-4-10-17-14(18)12-6-8-13(16)9-7-12/h6-9,11H,3-5,10,16H2,1-2H3,(H,17,18). The maximum atomic E-state index is 11.8. The molecule has 0 spiro atoms. The van der Waals surface area contributed by atoms with Crippen LogP contribution in [0.25, 0.3) is 0 Å². The van der Waals surface area contributed by atoms with Crippen LogP contribution in [0.15, 0.2) is 24.3 Å². The quantitative estimate of drug-likeness (QED) is 0.454. The summed E-state index contributed by atoms with van der Waals surface area (Å²) in [5.41, 5.74) is 6.80. The molecule has 5 heteroatoms. The molecule has 0 saturated heterocycles. The van der Waals surface area contributed by atoms with Crippen LogP contribution in [-0.2, 0) is 9.53 Å². The van der Waals surface area contributed by atoms with Gasteiger partial charge in [0.05, 0.1) is 13.0 Å². The zero-order valence-electron chi connectivity index (χ0n) is 12.0. The summed E-state index contributed by atoms with van der Waals surface area (Å²) >= 11 is 0. The van der Waals surface area contributed by atoms with Crippen LogP contribution in [0.4, 0.5) is 5.69 Å². The topological polar surface area (TPSA) is 81.4 Å². The summed E-state index contributed by atoms with van der Waals surface area (Å²) < 4.78 is 4.66. The number of benzene rings is 1. The van der Waals surface area contributed by atoms with E-state index in [1.54, 1.807) is 24.3 Å². The van der Waals surface area contributed by atoms with E-state index < -0.39 is 0 Å². The van der Waals surface area contributed by atoms with Crippen molar-refractivity contribution in [3.8, 4) is 0 Å². The molecule has 20 heavy (non-hydrogen) atoms. The first-order chi connectivity index (χ1) is 9.54. The Balaban J connectivity index is 2.19. The second-order valence-corrected chi connectivity index (χ2v) is 4.80. The van der Waals surface area contributed by atoms with Gasteiger partial charge in [-0.25, -0.2) is 0 Å². The molecule has 0 saturated carbocycles. The molecule has 3 N–H and O–H groups in total. The van der Waals surface area contributed by atoms with Gasteiger partial charge in [-0.1, -0.05) is 13.3 Å². The predicted octanol–water partition coefficient (Wildman–Crippen LogP) is 1.98. The Kier molecular flexibility index (Phi) is 6.56. The summed E-state index contributed by atoms with van der Waals surface area (Å²) in [5.74, 6) is -0.380. The van der Waals surface area contributed by atoms with Crippen molar-refractivity contribution in [1.29, 1.82) is 0 Å².